The summed E-state index contributed by atoms with van der Waals surface area (Å²) in [7, 11) is 0. The van der Waals surface area contributed by atoms with E-state index in [0.717, 1.165) is 6.42 Å². The maximum absolute atomic E-state index is 13.2. The van der Waals surface area contributed by atoms with Crippen LogP contribution < -0.4 is 0 Å². The quantitative estimate of drug-likeness (QED) is 0.614. The minimum absolute atomic E-state index is 0.112. The molecule has 0 aliphatic heterocycles. The van der Waals surface area contributed by atoms with Gasteiger partial charge < -0.3 is 0 Å². The van der Waals surface area contributed by atoms with E-state index in [9.17, 15) is 4.39 Å². The molecule has 0 radical (unpaired) electrons. The van der Waals surface area contributed by atoms with Gasteiger partial charge >= 0.3 is 0 Å². The lowest BCUT2D eigenvalue weighted by molar-refractivity contribution is 0.611. The molecule has 0 aromatic heterocycles. The second-order valence-electron chi connectivity index (χ2n) is 3.02. The Labute approximate surface area is 80.3 Å². The standard InChI is InChI=1S/C9H7Cl2F/c10-5-1-2-6(9(12)3-5)7-4-8(7)11/h1-3,7-8H,4H2. The van der Waals surface area contributed by atoms with Crippen LogP contribution in [0, 0.1) is 5.82 Å². The van der Waals surface area contributed by atoms with Crippen LogP contribution in [0.1, 0.15) is 17.9 Å². The fourth-order valence-electron chi connectivity index (χ4n) is 1.29. The summed E-state index contributed by atoms with van der Waals surface area (Å²) in [5.41, 5.74) is 0.694. The van der Waals surface area contributed by atoms with Crippen molar-refractivity contribution in [3.05, 3.63) is 34.6 Å². The van der Waals surface area contributed by atoms with Crippen molar-refractivity contribution in [2.24, 2.45) is 0 Å². The second kappa shape index (κ2) is 2.90. The first-order valence-corrected chi connectivity index (χ1v) is 4.59. The average molecular weight is 205 g/mol. The van der Waals surface area contributed by atoms with E-state index in [2.05, 4.69) is 0 Å². The zero-order valence-electron chi connectivity index (χ0n) is 6.23. The molecule has 2 unspecified atom stereocenters. The Morgan fingerprint density at radius 2 is 2.08 bits per heavy atom. The predicted octanol–water partition coefficient (Wildman–Crippen LogP) is 3.57. The van der Waals surface area contributed by atoms with E-state index in [4.69, 9.17) is 23.2 Å². The normalized spacial score (nSPS) is 27.2. The van der Waals surface area contributed by atoms with E-state index < -0.39 is 0 Å². The molecule has 1 aliphatic rings. The van der Waals surface area contributed by atoms with Crippen molar-refractivity contribution in [1.82, 2.24) is 0 Å². The second-order valence-corrected chi connectivity index (χ2v) is 4.02. The van der Waals surface area contributed by atoms with Gasteiger partial charge in [0.05, 0.1) is 0 Å². The van der Waals surface area contributed by atoms with Crippen molar-refractivity contribution in [3.8, 4) is 0 Å². The minimum Gasteiger partial charge on any atom is -0.207 e. The van der Waals surface area contributed by atoms with Crippen LogP contribution in [-0.4, -0.2) is 5.38 Å². The minimum atomic E-state index is -0.240. The van der Waals surface area contributed by atoms with Gasteiger partial charge in [-0.05, 0) is 24.1 Å². The van der Waals surface area contributed by atoms with Crippen molar-refractivity contribution < 1.29 is 4.39 Å². The smallest absolute Gasteiger partial charge is 0.128 e. The molecule has 1 aliphatic carbocycles. The molecule has 0 heterocycles. The van der Waals surface area contributed by atoms with Crippen molar-refractivity contribution in [3.63, 3.8) is 0 Å². The van der Waals surface area contributed by atoms with Gasteiger partial charge in [0.15, 0.2) is 0 Å². The Kier molecular flexibility index (Phi) is 2.01. The van der Waals surface area contributed by atoms with Gasteiger partial charge in [0.1, 0.15) is 5.82 Å². The first-order valence-electron chi connectivity index (χ1n) is 3.77. The van der Waals surface area contributed by atoms with Gasteiger partial charge in [-0.15, -0.1) is 11.6 Å². The van der Waals surface area contributed by atoms with Gasteiger partial charge in [-0.25, -0.2) is 4.39 Å². The highest BCUT2D eigenvalue weighted by atomic mass is 35.5. The molecule has 1 aromatic rings. The van der Waals surface area contributed by atoms with Crippen LogP contribution in [0.15, 0.2) is 18.2 Å². The van der Waals surface area contributed by atoms with Gasteiger partial charge in [-0.3, -0.25) is 0 Å². The average Bonchev–Trinajstić information content (AvgIpc) is 2.66. The molecule has 2 rings (SSSR count). The van der Waals surface area contributed by atoms with E-state index in [0.29, 0.717) is 10.6 Å². The highest BCUT2D eigenvalue weighted by Crippen LogP contribution is 2.46. The van der Waals surface area contributed by atoms with Crippen molar-refractivity contribution in [2.75, 3.05) is 0 Å². The summed E-state index contributed by atoms with van der Waals surface area (Å²) in [4.78, 5) is 0. The summed E-state index contributed by atoms with van der Waals surface area (Å²) in [6.45, 7) is 0. The van der Waals surface area contributed by atoms with E-state index >= 15 is 0 Å². The predicted molar refractivity (Wildman–Crippen MR) is 48.4 cm³/mol. The Hall–Kier alpha value is -0.270. The Bertz CT molecular complexity index is 311. The molecule has 3 heteroatoms. The highest BCUT2D eigenvalue weighted by Gasteiger charge is 2.38. The van der Waals surface area contributed by atoms with E-state index in [-0.39, 0.29) is 17.1 Å². The number of hydrogen-bond donors (Lipinski definition) is 0. The summed E-state index contributed by atoms with van der Waals surface area (Å²) >= 11 is 11.4. The number of benzene rings is 1. The van der Waals surface area contributed by atoms with Crippen molar-refractivity contribution in [2.45, 2.75) is 17.7 Å². The Morgan fingerprint density at radius 1 is 1.42 bits per heavy atom. The third-order valence-corrected chi connectivity index (χ3v) is 2.79. The van der Waals surface area contributed by atoms with Crippen LogP contribution in [0.2, 0.25) is 5.02 Å². The molecular formula is C9H7Cl2F. The maximum Gasteiger partial charge on any atom is 0.128 e. The van der Waals surface area contributed by atoms with E-state index in [1.807, 2.05) is 0 Å². The molecule has 64 valence electrons. The topological polar surface area (TPSA) is 0 Å². The maximum atomic E-state index is 13.2. The molecule has 0 bridgehead atoms. The fraction of sp³-hybridized carbons (Fsp3) is 0.333. The largest absolute Gasteiger partial charge is 0.207 e. The summed E-state index contributed by atoms with van der Waals surface area (Å²) in [6, 6.07) is 4.74. The SMILES string of the molecule is Fc1cc(Cl)ccc1C1CC1Cl. The van der Waals surface area contributed by atoms with Crippen LogP contribution in [0.4, 0.5) is 4.39 Å². The summed E-state index contributed by atoms with van der Waals surface area (Å²) in [5, 5.41) is 0.545. The molecule has 0 saturated heterocycles. The summed E-state index contributed by atoms with van der Waals surface area (Å²) < 4.78 is 13.2. The van der Waals surface area contributed by atoms with Crippen LogP contribution in [0.3, 0.4) is 0 Å². The lowest BCUT2D eigenvalue weighted by atomic mass is 10.1. The lowest BCUT2D eigenvalue weighted by Crippen LogP contribution is -1.87. The third kappa shape index (κ3) is 1.44. The Balaban J connectivity index is 2.33. The lowest BCUT2D eigenvalue weighted by Gasteiger charge is -2.00. The molecule has 0 N–H and O–H groups in total. The molecule has 0 amide bonds. The molecule has 1 saturated carbocycles. The number of alkyl halides is 1. The van der Waals surface area contributed by atoms with Gasteiger partial charge in [0.2, 0.25) is 0 Å². The van der Waals surface area contributed by atoms with Gasteiger partial charge in [-0.1, -0.05) is 17.7 Å². The molecule has 2 atom stereocenters. The van der Waals surface area contributed by atoms with Crippen LogP contribution in [0.25, 0.3) is 0 Å². The number of rotatable bonds is 1. The van der Waals surface area contributed by atoms with E-state index in [1.54, 1.807) is 12.1 Å². The van der Waals surface area contributed by atoms with Crippen LogP contribution in [-0.2, 0) is 0 Å². The fourth-order valence-corrected chi connectivity index (χ4v) is 1.77. The molecule has 0 spiro atoms. The Morgan fingerprint density at radius 3 is 2.58 bits per heavy atom. The van der Waals surface area contributed by atoms with Crippen molar-refractivity contribution >= 4 is 23.2 Å². The molecule has 1 fully saturated rings. The highest BCUT2D eigenvalue weighted by molar-refractivity contribution is 6.30. The van der Waals surface area contributed by atoms with Crippen LogP contribution >= 0.6 is 23.2 Å². The van der Waals surface area contributed by atoms with Crippen molar-refractivity contribution in [1.29, 1.82) is 0 Å². The summed E-state index contributed by atoms with van der Waals surface area (Å²) in [5.74, 6) is -0.0421. The first-order chi connectivity index (χ1) is 5.68. The first kappa shape index (κ1) is 8.33. The van der Waals surface area contributed by atoms with Crippen LogP contribution in [0.5, 0.6) is 0 Å². The number of halogens is 3. The molecule has 1 aromatic carbocycles. The molecular weight excluding hydrogens is 198 g/mol. The summed E-state index contributed by atoms with van der Waals surface area (Å²) in [6.07, 6.45) is 0.875. The zero-order valence-corrected chi connectivity index (χ0v) is 7.74. The zero-order chi connectivity index (χ0) is 8.72. The number of hydrogen-bond acceptors (Lipinski definition) is 0. The molecule has 12 heavy (non-hydrogen) atoms. The van der Waals surface area contributed by atoms with Gasteiger partial charge in [0, 0.05) is 16.3 Å². The monoisotopic (exact) mass is 204 g/mol. The van der Waals surface area contributed by atoms with E-state index in [1.165, 1.54) is 6.07 Å². The third-order valence-electron chi connectivity index (χ3n) is 2.07. The van der Waals surface area contributed by atoms with Gasteiger partial charge in [-0.2, -0.15) is 0 Å². The molecule has 0 nitrogen and oxygen atoms in total. The van der Waals surface area contributed by atoms with Gasteiger partial charge in [0.25, 0.3) is 0 Å².